The molecule has 0 radical (unpaired) electrons. The molecule has 2 amide bonds. The topological polar surface area (TPSA) is 63.1 Å². The predicted molar refractivity (Wildman–Crippen MR) is 96.4 cm³/mol. The Balaban J connectivity index is 1.95. The first-order valence-electron chi connectivity index (χ1n) is 9.03. The van der Waals surface area contributed by atoms with Crippen molar-refractivity contribution >= 4 is 11.8 Å². The highest BCUT2D eigenvalue weighted by atomic mass is 19.1. The highest BCUT2D eigenvalue weighted by Crippen LogP contribution is 2.18. The van der Waals surface area contributed by atoms with Crippen LogP contribution in [0.15, 0.2) is 18.2 Å². The standard InChI is InChI=1S/C19H28FN3O3/c1-13(2)18(21-14(3)24)19(25)23-9-7-22(8-10-23)12-15-11-16(20)5-6-17(15)26-4/h5-6,11,13,18H,7-10,12H2,1-4H3,(H,21,24)/p+1/t18-/m1/s1. The van der Waals surface area contributed by atoms with Gasteiger partial charge in [0.25, 0.3) is 0 Å². The highest BCUT2D eigenvalue weighted by Gasteiger charge is 2.31. The van der Waals surface area contributed by atoms with Crippen molar-refractivity contribution in [3.8, 4) is 5.75 Å². The van der Waals surface area contributed by atoms with Crippen LogP contribution >= 0.6 is 0 Å². The number of hydrogen-bond donors (Lipinski definition) is 2. The van der Waals surface area contributed by atoms with Gasteiger partial charge >= 0.3 is 0 Å². The molecular formula is C19H29FN3O3+. The summed E-state index contributed by atoms with van der Waals surface area (Å²) in [5.74, 6) is 0.220. The predicted octanol–water partition coefficient (Wildman–Crippen LogP) is 0.222. The van der Waals surface area contributed by atoms with Gasteiger partial charge in [-0.15, -0.1) is 0 Å². The second-order valence-electron chi connectivity index (χ2n) is 7.13. The Kier molecular flexibility index (Phi) is 6.97. The van der Waals surface area contributed by atoms with Crippen LogP contribution in [0.1, 0.15) is 26.3 Å². The molecule has 1 aromatic carbocycles. The van der Waals surface area contributed by atoms with E-state index in [0.717, 1.165) is 18.7 Å². The Morgan fingerprint density at radius 1 is 1.31 bits per heavy atom. The van der Waals surface area contributed by atoms with E-state index in [1.54, 1.807) is 13.2 Å². The van der Waals surface area contributed by atoms with Gasteiger partial charge in [-0.25, -0.2) is 4.39 Å². The zero-order chi connectivity index (χ0) is 19.3. The maximum Gasteiger partial charge on any atom is 0.245 e. The monoisotopic (exact) mass is 366 g/mol. The molecule has 0 saturated carbocycles. The van der Waals surface area contributed by atoms with E-state index in [1.165, 1.54) is 24.0 Å². The molecule has 1 aliphatic rings. The maximum absolute atomic E-state index is 13.5. The summed E-state index contributed by atoms with van der Waals surface area (Å²) in [6.45, 7) is 8.72. The van der Waals surface area contributed by atoms with Gasteiger partial charge in [0.1, 0.15) is 24.2 Å². The number of quaternary nitrogens is 1. The number of nitrogens with one attached hydrogen (secondary N) is 2. The smallest absolute Gasteiger partial charge is 0.245 e. The molecule has 1 saturated heterocycles. The van der Waals surface area contributed by atoms with Crippen LogP contribution in [-0.4, -0.2) is 56.0 Å². The minimum Gasteiger partial charge on any atom is -0.496 e. The Bertz CT molecular complexity index is 643. The van der Waals surface area contributed by atoms with E-state index in [9.17, 15) is 14.0 Å². The number of rotatable bonds is 6. The Labute approximate surface area is 154 Å². The number of carbonyl (C=O) groups excluding carboxylic acids is 2. The summed E-state index contributed by atoms with van der Waals surface area (Å²) < 4.78 is 18.8. The van der Waals surface area contributed by atoms with Crippen LogP contribution in [0.3, 0.4) is 0 Å². The van der Waals surface area contributed by atoms with Crippen LogP contribution in [-0.2, 0) is 16.1 Å². The van der Waals surface area contributed by atoms with E-state index in [-0.39, 0.29) is 23.5 Å². The van der Waals surface area contributed by atoms with Crippen molar-refractivity contribution in [2.45, 2.75) is 33.4 Å². The van der Waals surface area contributed by atoms with Crippen molar-refractivity contribution in [1.82, 2.24) is 10.2 Å². The molecule has 1 heterocycles. The Morgan fingerprint density at radius 2 is 1.96 bits per heavy atom. The molecule has 2 rings (SSSR count). The lowest BCUT2D eigenvalue weighted by molar-refractivity contribution is -0.917. The largest absolute Gasteiger partial charge is 0.496 e. The molecule has 0 unspecified atom stereocenters. The summed E-state index contributed by atoms with van der Waals surface area (Å²) in [6.07, 6.45) is 0. The quantitative estimate of drug-likeness (QED) is 0.757. The summed E-state index contributed by atoms with van der Waals surface area (Å²) in [6, 6.07) is 4.05. The first-order valence-corrected chi connectivity index (χ1v) is 9.03. The minimum absolute atomic E-state index is 0.0300. The molecule has 0 aromatic heterocycles. The molecule has 0 aliphatic carbocycles. The van der Waals surface area contributed by atoms with Crippen molar-refractivity contribution in [3.63, 3.8) is 0 Å². The summed E-state index contributed by atoms with van der Waals surface area (Å²) in [7, 11) is 1.58. The maximum atomic E-state index is 13.5. The van der Waals surface area contributed by atoms with Crippen LogP contribution in [0.4, 0.5) is 4.39 Å². The molecule has 144 valence electrons. The van der Waals surface area contributed by atoms with E-state index in [2.05, 4.69) is 5.32 Å². The zero-order valence-electron chi connectivity index (χ0n) is 16.0. The minimum atomic E-state index is -0.489. The Morgan fingerprint density at radius 3 is 2.50 bits per heavy atom. The molecule has 6 nitrogen and oxygen atoms in total. The van der Waals surface area contributed by atoms with Crippen molar-refractivity contribution in [2.75, 3.05) is 33.3 Å². The number of carbonyl (C=O) groups is 2. The molecule has 1 aliphatic heterocycles. The SMILES string of the molecule is COc1ccc(F)cc1C[NH+]1CCN(C(=O)[C@H](NC(C)=O)C(C)C)CC1. The number of amides is 2. The zero-order valence-corrected chi connectivity index (χ0v) is 16.0. The average molecular weight is 366 g/mol. The molecule has 2 N–H and O–H groups in total. The van der Waals surface area contributed by atoms with Gasteiger partial charge in [-0.2, -0.15) is 0 Å². The van der Waals surface area contributed by atoms with Gasteiger partial charge in [-0.3, -0.25) is 9.59 Å². The molecule has 1 aromatic rings. The molecule has 26 heavy (non-hydrogen) atoms. The number of hydrogen-bond acceptors (Lipinski definition) is 3. The summed E-state index contributed by atoms with van der Waals surface area (Å²) >= 11 is 0. The lowest BCUT2D eigenvalue weighted by atomic mass is 10.0. The van der Waals surface area contributed by atoms with Crippen LogP contribution in [0, 0.1) is 11.7 Å². The van der Waals surface area contributed by atoms with Gasteiger partial charge in [0.2, 0.25) is 11.8 Å². The average Bonchev–Trinajstić information content (AvgIpc) is 2.59. The second kappa shape index (κ2) is 8.98. The van der Waals surface area contributed by atoms with Crippen molar-refractivity contribution < 1.29 is 23.6 Å². The number of methoxy groups -OCH3 is 1. The van der Waals surface area contributed by atoms with Gasteiger partial charge in [0.15, 0.2) is 0 Å². The van der Waals surface area contributed by atoms with Gasteiger partial charge in [0.05, 0.1) is 38.9 Å². The van der Waals surface area contributed by atoms with E-state index < -0.39 is 6.04 Å². The second-order valence-corrected chi connectivity index (χ2v) is 7.13. The van der Waals surface area contributed by atoms with Crippen molar-refractivity contribution in [2.24, 2.45) is 5.92 Å². The third kappa shape index (κ3) is 5.17. The van der Waals surface area contributed by atoms with Crippen LogP contribution < -0.4 is 15.0 Å². The fourth-order valence-electron chi connectivity index (χ4n) is 3.30. The number of nitrogens with zero attached hydrogens (tertiary/aromatic N) is 1. The first kappa shape index (κ1) is 20.2. The summed E-state index contributed by atoms with van der Waals surface area (Å²) in [5.41, 5.74) is 0.834. The molecule has 0 bridgehead atoms. The number of halogens is 1. The summed E-state index contributed by atoms with van der Waals surface area (Å²) in [4.78, 5) is 27.2. The molecule has 0 spiro atoms. The van der Waals surface area contributed by atoms with Gasteiger partial charge in [-0.1, -0.05) is 13.8 Å². The van der Waals surface area contributed by atoms with E-state index in [0.29, 0.717) is 25.4 Å². The highest BCUT2D eigenvalue weighted by molar-refractivity contribution is 5.87. The first-order chi connectivity index (χ1) is 12.3. The third-order valence-electron chi connectivity index (χ3n) is 4.76. The van der Waals surface area contributed by atoms with Gasteiger partial charge < -0.3 is 19.9 Å². The molecule has 1 atom stereocenters. The molecular weight excluding hydrogens is 337 g/mol. The lowest BCUT2D eigenvalue weighted by Crippen LogP contribution is -3.13. The van der Waals surface area contributed by atoms with Gasteiger partial charge in [0, 0.05) is 6.92 Å². The van der Waals surface area contributed by atoms with Gasteiger partial charge in [-0.05, 0) is 24.1 Å². The number of benzene rings is 1. The fourth-order valence-corrected chi connectivity index (χ4v) is 3.30. The molecule has 7 heteroatoms. The van der Waals surface area contributed by atoms with E-state index in [1.807, 2.05) is 18.7 Å². The van der Waals surface area contributed by atoms with E-state index >= 15 is 0 Å². The number of ether oxygens (including phenoxy) is 1. The Hall–Kier alpha value is -2.15. The fraction of sp³-hybridized carbons (Fsp3) is 0.579. The summed E-state index contributed by atoms with van der Waals surface area (Å²) in [5, 5.41) is 2.75. The lowest BCUT2D eigenvalue weighted by Gasteiger charge is -2.35. The van der Waals surface area contributed by atoms with Crippen molar-refractivity contribution in [1.29, 1.82) is 0 Å². The molecule has 1 fully saturated rings. The number of piperazine rings is 1. The van der Waals surface area contributed by atoms with E-state index in [4.69, 9.17) is 4.74 Å². The third-order valence-corrected chi connectivity index (χ3v) is 4.76. The van der Waals surface area contributed by atoms with Crippen LogP contribution in [0.5, 0.6) is 5.75 Å². The van der Waals surface area contributed by atoms with Crippen LogP contribution in [0.25, 0.3) is 0 Å². The van der Waals surface area contributed by atoms with Crippen LogP contribution in [0.2, 0.25) is 0 Å². The normalized spacial score (nSPS) is 16.5. The van der Waals surface area contributed by atoms with Crippen molar-refractivity contribution in [3.05, 3.63) is 29.6 Å².